The molecule has 0 bridgehead atoms. The fourth-order valence-electron chi connectivity index (χ4n) is 3.59. The van der Waals surface area contributed by atoms with Crippen LogP contribution >= 0.6 is 0 Å². The van der Waals surface area contributed by atoms with Gasteiger partial charge in [0.25, 0.3) is 5.91 Å². The third kappa shape index (κ3) is 3.15. The molecule has 0 aromatic carbocycles. The summed E-state index contributed by atoms with van der Waals surface area (Å²) in [5.41, 5.74) is 1.89. The zero-order valence-electron chi connectivity index (χ0n) is 14.6. The van der Waals surface area contributed by atoms with Crippen LogP contribution in [0.15, 0.2) is 42.2 Å². The standard InChI is InChI=1S/C18H19N5O4/c1-10-6-11(18(26)21-17(10)25)15-7-13(16(9-24)27-15)23-14(8-20-22-23)12-4-2-3-5-19-12/h2-6,8,11,13,15-16,24H,7,9H2,1H3,(H,21,25,26)/t11?,13-,15+,16+/m0/s1. The topological polar surface area (TPSA) is 119 Å². The van der Waals surface area contributed by atoms with E-state index in [-0.39, 0.29) is 12.6 Å². The van der Waals surface area contributed by atoms with Gasteiger partial charge in [0, 0.05) is 11.8 Å². The van der Waals surface area contributed by atoms with Gasteiger partial charge in [0.05, 0.1) is 36.6 Å². The lowest BCUT2D eigenvalue weighted by Crippen LogP contribution is -2.44. The highest BCUT2D eigenvalue weighted by Crippen LogP contribution is 2.37. The molecule has 27 heavy (non-hydrogen) atoms. The molecule has 4 atom stereocenters. The fraction of sp³-hybridized carbons (Fsp3) is 0.389. The van der Waals surface area contributed by atoms with E-state index in [0.29, 0.717) is 23.4 Å². The van der Waals surface area contributed by atoms with Gasteiger partial charge in [-0.05, 0) is 25.5 Å². The van der Waals surface area contributed by atoms with Crippen molar-refractivity contribution in [3.63, 3.8) is 0 Å². The lowest BCUT2D eigenvalue weighted by Gasteiger charge is -2.23. The average Bonchev–Trinajstić information content (AvgIpc) is 3.31. The second-order valence-electron chi connectivity index (χ2n) is 6.67. The van der Waals surface area contributed by atoms with Crippen LogP contribution in [0.5, 0.6) is 0 Å². The first kappa shape index (κ1) is 17.5. The maximum Gasteiger partial charge on any atom is 0.253 e. The number of amides is 2. The highest BCUT2D eigenvalue weighted by atomic mass is 16.5. The summed E-state index contributed by atoms with van der Waals surface area (Å²) in [6, 6.07) is 5.23. The first-order valence-electron chi connectivity index (χ1n) is 8.70. The molecule has 4 rings (SSSR count). The Bertz CT molecular complexity index is 894. The molecule has 9 nitrogen and oxygen atoms in total. The summed E-state index contributed by atoms with van der Waals surface area (Å²) in [6.45, 7) is 1.43. The van der Waals surface area contributed by atoms with E-state index in [0.717, 1.165) is 0 Å². The molecule has 4 heterocycles. The smallest absolute Gasteiger partial charge is 0.253 e. The molecule has 2 aliphatic rings. The summed E-state index contributed by atoms with van der Waals surface area (Å²) in [5, 5.41) is 20.3. The largest absolute Gasteiger partial charge is 0.394 e. The number of hydrogen-bond donors (Lipinski definition) is 2. The van der Waals surface area contributed by atoms with Crippen molar-refractivity contribution < 1.29 is 19.4 Å². The SMILES string of the molecule is CC1=CC([C@H]2C[C@H](n3nncc3-c3ccccn3)[C@@H](CO)O2)C(=O)NC1=O. The number of aromatic nitrogens is 4. The molecule has 1 fully saturated rings. The Morgan fingerprint density at radius 3 is 2.96 bits per heavy atom. The minimum atomic E-state index is -0.594. The Morgan fingerprint density at radius 1 is 1.37 bits per heavy atom. The van der Waals surface area contributed by atoms with Crippen molar-refractivity contribution in [1.82, 2.24) is 25.3 Å². The van der Waals surface area contributed by atoms with Gasteiger partial charge in [-0.25, -0.2) is 4.68 Å². The van der Waals surface area contributed by atoms with E-state index in [1.807, 2.05) is 18.2 Å². The molecule has 2 N–H and O–H groups in total. The van der Waals surface area contributed by atoms with Gasteiger partial charge in [-0.1, -0.05) is 17.4 Å². The van der Waals surface area contributed by atoms with Crippen molar-refractivity contribution in [3.05, 3.63) is 42.2 Å². The van der Waals surface area contributed by atoms with Crippen LogP contribution in [0.2, 0.25) is 0 Å². The van der Waals surface area contributed by atoms with Crippen molar-refractivity contribution in [1.29, 1.82) is 0 Å². The molecule has 0 saturated carbocycles. The van der Waals surface area contributed by atoms with Gasteiger partial charge < -0.3 is 9.84 Å². The molecule has 0 radical (unpaired) electrons. The first-order valence-corrected chi connectivity index (χ1v) is 8.70. The summed E-state index contributed by atoms with van der Waals surface area (Å²) < 4.78 is 7.64. The normalized spacial score (nSPS) is 28.1. The molecule has 140 valence electrons. The molecule has 2 aliphatic heterocycles. The van der Waals surface area contributed by atoms with Crippen molar-refractivity contribution >= 4 is 11.8 Å². The fourth-order valence-corrected chi connectivity index (χ4v) is 3.59. The van der Waals surface area contributed by atoms with Crippen molar-refractivity contribution in [3.8, 4) is 11.4 Å². The third-order valence-electron chi connectivity index (χ3n) is 4.98. The van der Waals surface area contributed by atoms with Crippen LogP contribution in [0.1, 0.15) is 19.4 Å². The van der Waals surface area contributed by atoms with Crippen LogP contribution in [-0.4, -0.2) is 55.7 Å². The van der Waals surface area contributed by atoms with Gasteiger partial charge in [-0.15, -0.1) is 5.10 Å². The molecule has 1 unspecified atom stereocenters. The van der Waals surface area contributed by atoms with Crippen LogP contribution < -0.4 is 5.32 Å². The molecule has 2 amide bonds. The van der Waals surface area contributed by atoms with E-state index < -0.39 is 29.9 Å². The van der Waals surface area contributed by atoms with Gasteiger partial charge >= 0.3 is 0 Å². The van der Waals surface area contributed by atoms with Crippen LogP contribution in [-0.2, 0) is 14.3 Å². The summed E-state index contributed by atoms with van der Waals surface area (Å²) in [7, 11) is 0. The maximum absolute atomic E-state index is 12.3. The number of aliphatic hydroxyl groups excluding tert-OH is 1. The van der Waals surface area contributed by atoms with Gasteiger partial charge in [0.1, 0.15) is 11.8 Å². The summed E-state index contributed by atoms with van der Waals surface area (Å²) >= 11 is 0. The second-order valence-corrected chi connectivity index (χ2v) is 6.67. The number of carbonyl (C=O) groups excluding carboxylic acids is 2. The first-order chi connectivity index (χ1) is 13.1. The number of nitrogens with zero attached hydrogens (tertiary/aromatic N) is 4. The van der Waals surface area contributed by atoms with E-state index in [2.05, 4.69) is 20.6 Å². The minimum Gasteiger partial charge on any atom is -0.394 e. The Kier molecular flexibility index (Phi) is 4.54. The zero-order chi connectivity index (χ0) is 19.0. The number of carbonyl (C=O) groups is 2. The number of pyridine rings is 1. The quantitative estimate of drug-likeness (QED) is 0.742. The van der Waals surface area contributed by atoms with Crippen molar-refractivity contribution in [2.45, 2.75) is 31.6 Å². The van der Waals surface area contributed by atoms with Gasteiger partial charge in [0.2, 0.25) is 5.91 Å². The summed E-state index contributed by atoms with van der Waals surface area (Å²) in [6.07, 6.45) is 4.35. The lowest BCUT2D eigenvalue weighted by molar-refractivity contribution is -0.134. The van der Waals surface area contributed by atoms with E-state index in [9.17, 15) is 14.7 Å². The third-order valence-corrected chi connectivity index (χ3v) is 4.98. The Morgan fingerprint density at radius 2 is 2.22 bits per heavy atom. The molecule has 0 aliphatic carbocycles. The zero-order valence-corrected chi connectivity index (χ0v) is 14.6. The van der Waals surface area contributed by atoms with E-state index in [1.54, 1.807) is 30.1 Å². The molecule has 9 heteroatoms. The monoisotopic (exact) mass is 369 g/mol. The maximum atomic E-state index is 12.3. The predicted molar refractivity (Wildman–Crippen MR) is 93.1 cm³/mol. The van der Waals surface area contributed by atoms with Crippen LogP contribution in [0, 0.1) is 5.92 Å². The summed E-state index contributed by atoms with van der Waals surface area (Å²) in [4.78, 5) is 28.2. The van der Waals surface area contributed by atoms with Crippen LogP contribution in [0.3, 0.4) is 0 Å². The minimum absolute atomic E-state index is 0.224. The summed E-state index contributed by atoms with van der Waals surface area (Å²) in [5.74, 6) is -1.38. The van der Waals surface area contributed by atoms with E-state index >= 15 is 0 Å². The number of ether oxygens (including phenoxy) is 1. The van der Waals surface area contributed by atoms with Gasteiger partial charge in [-0.2, -0.15) is 0 Å². The Hall–Kier alpha value is -2.91. The number of nitrogens with one attached hydrogen (secondary N) is 1. The van der Waals surface area contributed by atoms with Crippen molar-refractivity contribution in [2.24, 2.45) is 5.92 Å². The molecular formula is C18H19N5O4. The van der Waals surface area contributed by atoms with E-state index in [1.165, 1.54) is 0 Å². The molecule has 2 aromatic heterocycles. The molecule has 0 spiro atoms. The lowest BCUT2D eigenvalue weighted by atomic mass is 9.92. The highest BCUT2D eigenvalue weighted by Gasteiger charge is 2.44. The van der Waals surface area contributed by atoms with Crippen molar-refractivity contribution in [2.75, 3.05) is 6.61 Å². The predicted octanol–water partition coefficient (Wildman–Crippen LogP) is 0.250. The second kappa shape index (κ2) is 7.01. The van der Waals surface area contributed by atoms with Gasteiger partial charge in [-0.3, -0.25) is 19.9 Å². The molecular weight excluding hydrogens is 350 g/mol. The molecule has 2 aromatic rings. The van der Waals surface area contributed by atoms with Crippen LogP contribution in [0.25, 0.3) is 11.4 Å². The highest BCUT2D eigenvalue weighted by molar-refractivity contribution is 6.08. The number of imide groups is 1. The molecule has 1 saturated heterocycles. The Balaban J connectivity index is 1.63. The van der Waals surface area contributed by atoms with Crippen LogP contribution in [0.4, 0.5) is 0 Å². The van der Waals surface area contributed by atoms with E-state index in [4.69, 9.17) is 4.74 Å². The number of aliphatic hydroxyl groups is 1. The number of rotatable bonds is 4. The Labute approximate surface area is 155 Å². The number of hydrogen-bond acceptors (Lipinski definition) is 7. The average molecular weight is 369 g/mol. The van der Waals surface area contributed by atoms with Gasteiger partial charge in [0.15, 0.2) is 0 Å².